The van der Waals surface area contributed by atoms with Gasteiger partial charge in [-0.25, -0.2) is 0 Å². The average Bonchev–Trinajstić information content (AvgIpc) is 2.04. The van der Waals surface area contributed by atoms with Gasteiger partial charge >= 0.3 is 5.97 Å². The monoisotopic (exact) mass is 189 g/mol. The molecule has 0 aliphatic carbocycles. The number of nitrogens with one attached hydrogen (secondary N) is 1. The molecule has 0 aromatic rings. The van der Waals surface area contributed by atoms with E-state index in [1.807, 2.05) is 13.8 Å². The molecule has 13 heavy (non-hydrogen) atoms. The van der Waals surface area contributed by atoms with Gasteiger partial charge in [-0.2, -0.15) is 0 Å². The van der Waals surface area contributed by atoms with Crippen molar-refractivity contribution in [1.29, 1.82) is 0 Å². The zero-order chi connectivity index (χ0) is 10.3. The smallest absolute Gasteiger partial charge is 0.307 e. The van der Waals surface area contributed by atoms with Crippen LogP contribution in [0.25, 0.3) is 0 Å². The number of aliphatic carboxylic acids is 1. The molecule has 2 unspecified atom stereocenters. The summed E-state index contributed by atoms with van der Waals surface area (Å²) in [4.78, 5) is 10.4. The molecule has 0 radical (unpaired) electrons. The van der Waals surface area contributed by atoms with Gasteiger partial charge in [0.25, 0.3) is 0 Å². The summed E-state index contributed by atoms with van der Waals surface area (Å²) in [5.41, 5.74) is 0. The SMILES string of the molecule is CCOC(C)CNCC(C)C(=O)O. The number of carboxylic acid groups (broad SMARTS) is 1. The molecule has 0 rings (SSSR count). The van der Waals surface area contributed by atoms with Gasteiger partial charge in [0, 0.05) is 19.7 Å². The minimum atomic E-state index is -0.767. The number of hydrogen-bond donors (Lipinski definition) is 2. The Labute approximate surface area is 79.3 Å². The molecule has 0 bridgehead atoms. The molecule has 0 saturated carbocycles. The fourth-order valence-electron chi connectivity index (χ4n) is 0.934. The van der Waals surface area contributed by atoms with Gasteiger partial charge < -0.3 is 15.2 Å². The Morgan fingerprint density at radius 3 is 2.54 bits per heavy atom. The van der Waals surface area contributed by atoms with E-state index in [1.54, 1.807) is 6.92 Å². The van der Waals surface area contributed by atoms with Crippen molar-refractivity contribution in [2.45, 2.75) is 26.9 Å². The molecule has 4 nitrogen and oxygen atoms in total. The van der Waals surface area contributed by atoms with Gasteiger partial charge in [0.2, 0.25) is 0 Å². The van der Waals surface area contributed by atoms with Gasteiger partial charge in [0.1, 0.15) is 0 Å². The van der Waals surface area contributed by atoms with E-state index in [0.717, 1.165) is 0 Å². The first-order chi connectivity index (χ1) is 6.07. The third-order valence-corrected chi connectivity index (χ3v) is 1.76. The summed E-state index contributed by atoms with van der Waals surface area (Å²) in [7, 11) is 0. The van der Waals surface area contributed by atoms with Crippen molar-refractivity contribution in [1.82, 2.24) is 5.32 Å². The number of carbonyl (C=O) groups is 1. The molecule has 0 aromatic carbocycles. The minimum Gasteiger partial charge on any atom is -0.481 e. The summed E-state index contributed by atoms with van der Waals surface area (Å²) in [6.07, 6.45) is 0.144. The molecule has 0 fully saturated rings. The predicted octanol–water partition coefficient (Wildman–Crippen LogP) is 0.722. The highest BCUT2D eigenvalue weighted by Gasteiger charge is 2.10. The Balaban J connectivity index is 3.39. The summed E-state index contributed by atoms with van der Waals surface area (Å²) in [5, 5.41) is 11.6. The zero-order valence-electron chi connectivity index (χ0n) is 8.54. The second-order valence-electron chi connectivity index (χ2n) is 3.16. The lowest BCUT2D eigenvalue weighted by atomic mass is 10.2. The minimum absolute atomic E-state index is 0.144. The maximum absolute atomic E-state index is 10.4. The number of rotatable bonds is 7. The maximum Gasteiger partial charge on any atom is 0.307 e. The van der Waals surface area contributed by atoms with Crippen molar-refractivity contribution >= 4 is 5.97 Å². The van der Waals surface area contributed by atoms with Crippen LogP contribution in [0.3, 0.4) is 0 Å². The fourth-order valence-corrected chi connectivity index (χ4v) is 0.934. The first-order valence-corrected chi connectivity index (χ1v) is 4.63. The van der Waals surface area contributed by atoms with E-state index in [1.165, 1.54) is 0 Å². The van der Waals surface area contributed by atoms with Crippen LogP contribution in [0, 0.1) is 5.92 Å². The van der Waals surface area contributed by atoms with Crippen LogP contribution >= 0.6 is 0 Å². The standard InChI is InChI=1S/C9H19NO3/c1-4-13-8(3)6-10-5-7(2)9(11)12/h7-8,10H,4-6H2,1-3H3,(H,11,12). The molecular formula is C9H19NO3. The van der Waals surface area contributed by atoms with E-state index in [4.69, 9.17) is 9.84 Å². The normalized spacial score (nSPS) is 15.3. The first kappa shape index (κ1) is 12.4. The van der Waals surface area contributed by atoms with Crippen LogP contribution in [-0.2, 0) is 9.53 Å². The van der Waals surface area contributed by atoms with Crippen LogP contribution in [0.4, 0.5) is 0 Å². The summed E-state index contributed by atoms with van der Waals surface area (Å²) >= 11 is 0. The van der Waals surface area contributed by atoms with E-state index in [9.17, 15) is 4.79 Å². The van der Waals surface area contributed by atoms with Gasteiger partial charge in [0.15, 0.2) is 0 Å². The van der Waals surface area contributed by atoms with Crippen LogP contribution in [0.5, 0.6) is 0 Å². The van der Waals surface area contributed by atoms with Crippen molar-refractivity contribution in [3.8, 4) is 0 Å². The lowest BCUT2D eigenvalue weighted by Crippen LogP contribution is -2.32. The third-order valence-electron chi connectivity index (χ3n) is 1.76. The molecule has 0 saturated heterocycles. The Morgan fingerprint density at radius 2 is 2.08 bits per heavy atom. The molecule has 0 aromatic heterocycles. The van der Waals surface area contributed by atoms with Crippen molar-refractivity contribution in [2.75, 3.05) is 19.7 Å². The quantitative estimate of drug-likeness (QED) is 0.619. The highest BCUT2D eigenvalue weighted by atomic mass is 16.5. The molecular weight excluding hydrogens is 170 g/mol. The molecule has 78 valence electrons. The summed E-state index contributed by atoms with van der Waals surface area (Å²) in [6, 6.07) is 0. The Morgan fingerprint density at radius 1 is 1.46 bits per heavy atom. The molecule has 2 N–H and O–H groups in total. The molecule has 0 spiro atoms. The van der Waals surface area contributed by atoms with Crippen molar-refractivity contribution < 1.29 is 14.6 Å². The summed E-state index contributed by atoms with van der Waals surface area (Å²) in [5.74, 6) is -1.11. The largest absolute Gasteiger partial charge is 0.481 e. The topological polar surface area (TPSA) is 58.6 Å². The van der Waals surface area contributed by atoms with Crippen LogP contribution in [0.2, 0.25) is 0 Å². The van der Waals surface area contributed by atoms with Crippen molar-refractivity contribution in [3.05, 3.63) is 0 Å². The fraction of sp³-hybridized carbons (Fsp3) is 0.889. The lowest BCUT2D eigenvalue weighted by molar-refractivity contribution is -0.140. The van der Waals surface area contributed by atoms with Gasteiger partial charge in [-0.15, -0.1) is 0 Å². The van der Waals surface area contributed by atoms with Crippen molar-refractivity contribution in [2.24, 2.45) is 5.92 Å². The lowest BCUT2D eigenvalue weighted by Gasteiger charge is -2.13. The number of ether oxygens (including phenoxy) is 1. The molecule has 2 atom stereocenters. The first-order valence-electron chi connectivity index (χ1n) is 4.63. The zero-order valence-corrected chi connectivity index (χ0v) is 8.54. The van der Waals surface area contributed by atoms with Gasteiger partial charge in [-0.1, -0.05) is 6.92 Å². The number of hydrogen-bond acceptors (Lipinski definition) is 3. The van der Waals surface area contributed by atoms with Gasteiger partial charge in [-0.3, -0.25) is 4.79 Å². The second-order valence-corrected chi connectivity index (χ2v) is 3.16. The highest BCUT2D eigenvalue weighted by Crippen LogP contribution is 1.92. The van der Waals surface area contributed by atoms with Crippen LogP contribution in [0.15, 0.2) is 0 Å². The molecule has 4 heteroatoms. The van der Waals surface area contributed by atoms with E-state index < -0.39 is 5.97 Å². The van der Waals surface area contributed by atoms with Crippen LogP contribution in [-0.4, -0.2) is 36.9 Å². The highest BCUT2D eigenvalue weighted by molar-refractivity contribution is 5.69. The molecule has 0 aliphatic heterocycles. The average molecular weight is 189 g/mol. The Kier molecular flexibility index (Phi) is 6.54. The Hall–Kier alpha value is -0.610. The second kappa shape index (κ2) is 6.86. The summed E-state index contributed by atoms with van der Waals surface area (Å²) in [6.45, 7) is 7.47. The van der Waals surface area contributed by atoms with Gasteiger partial charge in [-0.05, 0) is 13.8 Å². The molecule has 0 aliphatic rings. The van der Waals surface area contributed by atoms with E-state index in [-0.39, 0.29) is 12.0 Å². The molecule has 0 heterocycles. The summed E-state index contributed by atoms with van der Waals surface area (Å²) < 4.78 is 5.27. The third kappa shape index (κ3) is 6.54. The Bertz CT molecular complexity index is 150. The van der Waals surface area contributed by atoms with Crippen LogP contribution in [0.1, 0.15) is 20.8 Å². The maximum atomic E-state index is 10.4. The predicted molar refractivity (Wildman–Crippen MR) is 50.8 cm³/mol. The van der Waals surface area contributed by atoms with Crippen molar-refractivity contribution in [3.63, 3.8) is 0 Å². The number of carboxylic acids is 1. The molecule has 0 amide bonds. The van der Waals surface area contributed by atoms with E-state index >= 15 is 0 Å². The van der Waals surface area contributed by atoms with Crippen LogP contribution < -0.4 is 5.32 Å². The van der Waals surface area contributed by atoms with E-state index in [2.05, 4.69) is 5.32 Å². The van der Waals surface area contributed by atoms with Gasteiger partial charge in [0.05, 0.1) is 12.0 Å². The van der Waals surface area contributed by atoms with E-state index in [0.29, 0.717) is 19.7 Å².